The molecule has 2 rings (SSSR count). The standard InChI is InChI=1S/C15H26N4/c1-5-8-19(11(2)3)15-17-10-13(12(4)18-15)9-16-14-6-7-14/h10-11,14,16H,5-9H2,1-4H3. The largest absolute Gasteiger partial charge is 0.338 e. The summed E-state index contributed by atoms with van der Waals surface area (Å²) in [4.78, 5) is 11.5. The van der Waals surface area contributed by atoms with Crippen LogP contribution in [-0.4, -0.2) is 28.6 Å². The molecule has 1 aliphatic rings. The molecule has 1 aromatic heterocycles. The van der Waals surface area contributed by atoms with Crippen LogP contribution in [0.2, 0.25) is 0 Å². The lowest BCUT2D eigenvalue weighted by molar-refractivity contribution is 0.643. The van der Waals surface area contributed by atoms with E-state index in [4.69, 9.17) is 0 Å². The van der Waals surface area contributed by atoms with Gasteiger partial charge in [-0.1, -0.05) is 6.92 Å². The summed E-state index contributed by atoms with van der Waals surface area (Å²) in [6, 6.07) is 1.17. The number of hydrogen-bond donors (Lipinski definition) is 1. The highest BCUT2D eigenvalue weighted by Crippen LogP contribution is 2.20. The average molecular weight is 262 g/mol. The zero-order chi connectivity index (χ0) is 13.8. The third-order valence-electron chi connectivity index (χ3n) is 3.57. The van der Waals surface area contributed by atoms with Crippen molar-refractivity contribution in [3.05, 3.63) is 17.5 Å². The number of aryl methyl sites for hydroxylation is 1. The van der Waals surface area contributed by atoms with Gasteiger partial charge in [0.15, 0.2) is 0 Å². The fourth-order valence-electron chi connectivity index (χ4n) is 2.16. The number of anilines is 1. The van der Waals surface area contributed by atoms with E-state index < -0.39 is 0 Å². The van der Waals surface area contributed by atoms with Crippen LogP contribution in [0.15, 0.2) is 6.20 Å². The van der Waals surface area contributed by atoms with Crippen LogP contribution in [0.1, 0.15) is 51.3 Å². The Morgan fingerprint density at radius 3 is 2.68 bits per heavy atom. The van der Waals surface area contributed by atoms with E-state index in [1.54, 1.807) is 0 Å². The van der Waals surface area contributed by atoms with Crippen LogP contribution < -0.4 is 10.2 Å². The van der Waals surface area contributed by atoms with Crippen molar-refractivity contribution in [2.24, 2.45) is 0 Å². The minimum atomic E-state index is 0.440. The minimum absolute atomic E-state index is 0.440. The van der Waals surface area contributed by atoms with Crippen LogP contribution >= 0.6 is 0 Å². The van der Waals surface area contributed by atoms with Crippen molar-refractivity contribution in [1.29, 1.82) is 0 Å². The Bertz CT molecular complexity index is 413. The Morgan fingerprint density at radius 2 is 2.16 bits per heavy atom. The highest BCUT2D eigenvalue weighted by molar-refractivity contribution is 5.34. The molecular weight excluding hydrogens is 236 g/mol. The second-order valence-electron chi connectivity index (χ2n) is 5.72. The van der Waals surface area contributed by atoms with Gasteiger partial charge in [-0.3, -0.25) is 0 Å². The highest BCUT2D eigenvalue weighted by Gasteiger charge is 2.20. The van der Waals surface area contributed by atoms with Gasteiger partial charge in [0.2, 0.25) is 5.95 Å². The predicted molar refractivity (Wildman–Crippen MR) is 79.4 cm³/mol. The van der Waals surface area contributed by atoms with Crippen LogP contribution in [0.5, 0.6) is 0 Å². The Morgan fingerprint density at radius 1 is 1.42 bits per heavy atom. The summed E-state index contributed by atoms with van der Waals surface area (Å²) >= 11 is 0. The van der Waals surface area contributed by atoms with E-state index in [9.17, 15) is 0 Å². The molecule has 1 fully saturated rings. The molecule has 0 saturated heterocycles. The molecule has 1 aromatic rings. The third kappa shape index (κ3) is 3.90. The van der Waals surface area contributed by atoms with Crippen LogP contribution in [-0.2, 0) is 6.54 Å². The Balaban J connectivity index is 2.06. The quantitative estimate of drug-likeness (QED) is 0.820. The lowest BCUT2D eigenvalue weighted by Gasteiger charge is -2.26. The zero-order valence-corrected chi connectivity index (χ0v) is 12.6. The van der Waals surface area contributed by atoms with E-state index in [1.165, 1.54) is 18.4 Å². The molecule has 0 atom stereocenters. The fraction of sp³-hybridized carbons (Fsp3) is 0.733. The number of hydrogen-bond acceptors (Lipinski definition) is 4. The molecule has 1 heterocycles. The van der Waals surface area contributed by atoms with E-state index in [0.717, 1.165) is 37.2 Å². The molecule has 1 aliphatic carbocycles. The fourth-order valence-corrected chi connectivity index (χ4v) is 2.16. The van der Waals surface area contributed by atoms with E-state index >= 15 is 0 Å². The summed E-state index contributed by atoms with van der Waals surface area (Å²) in [7, 11) is 0. The third-order valence-corrected chi connectivity index (χ3v) is 3.57. The molecule has 1 N–H and O–H groups in total. The van der Waals surface area contributed by atoms with Gasteiger partial charge in [0, 0.05) is 42.6 Å². The second-order valence-corrected chi connectivity index (χ2v) is 5.72. The van der Waals surface area contributed by atoms with Crippen molar-refractivity contribution < 1.29 is 0 Å². The highest BCUT2D eigenvalue weighted by atomic mass is 15.3. The van der Waals surface area contributed by atoms with Crippen molar-refractivity contribution in [2.75, 3.05) is 11.4 Å². The normalized spacial score (nSPS) is 15.0. The molecule has 0 aromatic carbocycles. The summed E-state index contributed by atoms with van der Waals surface area (Å²) in [6.07, 6.45) is 5.73. The van der Waals surface area contributed by atoms with Gasteiger partial charge in [-0.25, -0.2) is 9.97 Å². The Hall–Kier alpha value is -1.16. The van der Waals surface area contributed by atoms with Crippen molar-refractivity contribution in [3.63, 3.8) is 0 Å². The van der Waals surface area contributed by atoms with Gasteiger partial charge in [0.25, 0.3) is 0 Å². The Kier molecular flexibility index (Phi) is 4.75. The van der Waals surface area contributed by atoms with Gasteiger partial charge >= 0.3 is 0 Å². The SMILES string of the molecule is CCCN(c1ncc(CNC2CC2)c(C)n1)C(C)C. The minimum Gasteiger partial charge on any atom is -0.338 e. The van der Waals surface area contributed by atoms with Crippen LogP contribution in [0, 0.1) is 6.92 Å². The van der Waals surface area contributed by atoms with Crippen molar-refractivity contribution >= 4 is 5.95 Å². The number of aromatic nitrogens is 2. The monoisotopic (exact) mass is 262 g/mol. The lowest BCUT2D eigenvalue weighted by atomic mass is 10.2. The van der Waals surface area contributed by atoms with E-state index in [1.807, 2.05) is 6.20 Å². The molecule has 0 aliphatic heterocycles. The molecule has 19 heavy (non-hydrogen) atoms. The van der Waals surface area contributed by atoms with E-state index in [-0.39, 0.29) is 0 Å². The Labute approximate surface area is 116 Å². The van der Waals surface area contributed by atoms with Gasteiger partial charge in [-0.05, 0) is 40.0 Å². The second kappa shape index (κ2) is 6.33. The van der Waals surface area contributed by atoms with Gasteiger partial charge in [-0.2, -0.15) is 0 Å². The first-order valence-electron chi connectivity index (χ1n) is 7.44. The van der Waals surface area contributed by atoms with Crippen LogP contribution in [0.3, 0.4) is 0 Å². The molecule has 0 amide bonds. The smallest absolute Gasteiger partial charge is 0.225 e. The summed E-state index contributed by atoms with van der Waals surface area (Å²) < 4.78 is 0. The molecular formula is C15H26N4. The summed E-state index contributed by atoms with van der Waals surface area (Å²) in [5, 5.41) is 3.52. The van der Waals surface area contributed by atoms with Crippen molar-refractivity contribution in [3.8, 4) is 0 Å². The van der Waals surface area contributed by atoms with E-state index in [2.05, 4.69) is 47.9 Å². The maximum Gasteiger partial charge on any atom is 0.225 e. The molecule has 0 spiro atoms. The lowest BCUT2D eigenvalue weighted by Crippen LogP contribution is -2.33. The topological polar surface area (TPSA) is 41.1 Å². The molecule has 1 saturated carbocycles. The first kappa shape index (κ1) is 14.3. The number of rotatable bonds is 7. The predicted octanol–water partition coefficient (Wildman–Crippen LogP) is 2.66. The average Bonchev–Trinajstić information content (AvgIpc) is 3.18. The molecule has 4 nitrogen and oxygen atoms in total. The number of nitrogens with zero attached hydrogens (tertiary/aromatic N) is 3. The molecule has 0 unspecified atom stereocenters. The molecule has 106 valence electrons. The van der Waals surface area contributed by atoms with Crippen LogP contribution in [0.4, 0.5) is 5.95 Å². The van der Waals surface area contributed by atoms with Gasteiger partial charge in [0.05, 0.1) is 0 Å². The summed E-state index contributed by atoms with van der Waals surface area (Å²) in [5.41, 5.74) is 2.32. The summed E-state index contributed by atoms with van der Waals surface area (Å²) in [5.74, 6) is 0.865. The zero-order valence-electron chi connectivity index (χ0n) is 12.6. The first-order chi connectivity index (χ1) is 9.11. The maximum atomic E-state index is 4.69. The molecule has 0 bridgehead atoms. The van der Waals surface area contributed by atoms with Gasteiger partial charge in [-0.15, -0.1) is 0 Å². The van der Waals surface area contributed by atoms with Crippen molar-refractivity contribution in [1.82, 2.24) is 15.3 Å². The molecule has 4 heteroatoms. The number of nitrogens with one attached hydrogen (secondary N) is 1. The van der Waals surface area contributed by atoms with Gasteiger partial charge < -0.3 is 10.2 Å². The summed E-state index contributed by atoms with van der Waals surface area (Å²) in [6.45, 7) is 10.6. The first-order valence-corrected chi connectivity index (χ1v) is 7.44. The molecule has 0 radical (unpaired) electrons. The van der Waals surface area contributed by atoms with Crippen molar-refractivity contribution in [2.45, 2.75) is 65.6 Å². The van der Waals surface area contributed by atoms with Crippen LogP contribution in [0.25, 0.3) is 0 Å². The van der Waals surface area contributed by atoms with Gasteiger partial charge in [0.1, 0.15) is 0 Å². The maximum absolute atomic E-state index is 4.69. The van der Waals surface area contributed by atoms with E-state index in [0.29, 0.717) is 6.04 Å².